The summed E-state index contributed by atoms with van der Waals surface area (Å²) in [6.07, 6.45) is 0. The zero-order chi connectivity index (χ0) is 14.2. The van der Waals surface area contributed by atoms with Gasteiger partial charge in [0.05, 0.1) is 5.69 Å². The molecule has 1 aromatic carbocycles. The fraction of sp³-hybridized carbons (Fsp3) is 0.231. The molecular weight excluding hydrogens is 305 g/mol. The molecule has 3 nitrogen and oxygen atoms in total. The van der Waals surface area contributed by atoms with Crippen LogP contribution in [0.4, 0.5) is 0 Å². The minimum Gasteiger partial charge on any atom is -0.477 e. The van der Waals surface area contributed by atoms with Crippen molar-refractivity contribution in [2.75, 3.05) is 0 Å². The van der Waals surface area contributed by atoms with E-state index in [0.717, 1.165) is 16.9 Å². The molecule has 0 unspecified atom stereocenters. The molecule has 0 fully saturated rings. The highest BCUT2D eigenvalue weighted by Crippen LogP contribution is 2.34. The molecule has 19 heavy (non-hydrogen) atoms. The van der Waals surface area contributed by atoms with Crippen LogP contribution in [-0.2, 0) is 0 Å². The molecule has 0 aliphatic heterocycles. The average Bonchev–Trinajstić information content (AvgIpc) is 2.72. The molecule has 0 spiro atoms. The van der Waals surface area contributed by atoms with Crippen molar-refractivity contribution in [2.24, 2.45) is 0 Å². The minimum atomic E-state index is -0.958. The van der Waals surface area contributed by atoms with Crippen LogP contribution in [0, 0.1) is 0 Å². The quantitative estimate of drug-likeness (QED) is 0.872. The van der Waals surface area contributed by atoms with Gasteiger partial charge in [-0.1, -0.05) is 37.0 Å². The van der Waals surface area contributed by atoms with E-state index in [0.29, 0.717) is 20.7 Å². The molecule has 1 N–H and O–H groups in total. The van der Waals surface area contributed by atoms with Crippen LogP contribution in [0.3, 0.4) is 0 Å². The monoisotopic (exact) mass is 315 g/mol. The van der Waals surface area contributed by atoms with E-state index in [1.165, 1.54) is 0 Å². The fourth-order valence-corrected chi connectivity index (χ4v) is 3.25. The number of thiazole rings is 1. The van der Waals surface area contributed by atoms with E-state index in [4.69, 9.17) is 23.2 Å². The molecule has 6 heteroatoms. The summed E-state index contributed by atoms with van der Waals surface area (Å²) < 4.78 is 0. The largest absolute Gasteiger partial charge is 0.477 e. The van der Waals surface area contributed by atoms with Crippen molar-refractivity contribution in [1.82, 2.24) is 4.98 Å². The third-order valence-corrected chi connectivity index (χ3v) is 4.05. The smallest absolute Gasteiger partial charge is 0.347 e. The number of carbonyl (C=O) groups is 1. The minimum absolute atomic E-state index is 0.0470. The zero-order valence-corrected chi connectivity index (χ0v) is 12.6. The van der Waals surface area contributed by atoms with Crippen LogP contribution in [-0.4, -0.2) is 16.1 Å². The molecule has 0 saturated carbocycles. The lowest BCUT2D eigenvalue weighted by atomic mass is 10.1. The highest BCUT2D eigenvalue weighted by atomic mass is 35.5. The highest BCUT2D eigenvalue weighted by Gasteiger charge is 2.20. The molecule has 2 aromatic rings. The van der Waals surface area contributed by atoms with E-state index < -0.39 is 5.97 Å². The Morgan fingerprint density at radius 1 is 1.26 bits per heavy atom. The lowest BCUT2D eigenvalue weighted by molar-refractivity contribution is 0.0700. The first-order valence-corrected chi connectivity index (χ1v) is 7.16. The number of benzene rings is 1. The van der Waals surface area contributed by atoms with Gasteiger partial charge in [0.1, 0.15) is 9.88 Å². The first-order valence-electron chi connectivity index (χ1n) is 5.59. The number of halogens is 2. The summed E-state index contributed by atoms with van der Waals surface area (Å²) in [6.45, 7) is 3.83. The normalized spacial score (nSPS) is 11.0. The Kier molecular flexibility index (Phi) is 4.13. The van der Waals surface area contributed by atoms with E-state index in [9.17, 15) is 9.90 Å². The molecule has 2 rings (SSSR count). The Bertz CT molecular complexity index is 617. The number of aromatic carboxylic acids is 1. The summed E-state index contributed by atoms with van der Waals surface area (Å²) >= 11 is 13.0. The maximum atomic E-state index is 11.2. The van der Waals surface area contributed by atoms with E-state index in [1.54, 1.807) is 18.2 Å². The number of aromatic nitrogens is 1. The third kappa shape index (κ3) is 3.08. The van der Waals surface area contributed by atoms with Crippen LogP contribution >= 0.6 is 34.5 Å². The number of hydrogen-bond donors (Lipinski definition) is 1. The summed E-state index contributed by atoms with van der Waals surface area (Å²) in [4.78, 5) is 15.9. The number of rotatable bonds is 3. The van der Waals surface area contributed by atoms with E-state index >= 15 is 0 Å². The molecular formula is C13H11Cl2NO2S. The summed E-state index contributed by atoms with van der Waals surface area (Å²) in [5.74, 6) is -0.911. The molecule has 0 aliphatic carbocycles. The highest BCUT2D eigenvalue weighted by molar-refractivity contribution is 7.17. The van der Waals surface area contributed by atoms with Gasteiger partial charge in [-0.2, -0.15) is 0 Å². The van der Waals surface area contributed by atoms with Crippen molar-refractivity contribution in [3.8, 4) is 10.6 Å². The van der Waals surface area contributed by atoms with Crippen LogP contribution in [0.25, 0.3) is 10.6 Å². The SMILES string of the molecule is CC(C)c1nc(-c2cc(Cl)cc(Cl)c2)sc1C(=O)O. The topological polar surface area (TPSA) is 50.2 Å². The Balaban J connectivity index is 2.57. The lowest BCUT2D eigenvalue weighted by Gasteiger charge is -2.01. The summed E-state index contributed by atoms with van der Waals surface area (Å²) in [5, 5.41) is 10.8. The van der Waals surface area contributed by atoms with E-state index in [2.05, 4.69) is 4.98 Å². The van der Waals surface area contributed by atoms with Crippen molar-refractivity contribution in [3.05, 3.63) is 38.8 Å². The average molecular weight is 316 g/mol. The zero-order valence-electron chi connectivity index (χ0n) is 10.3. The predicted octanol–water partition coefficient (Wildman–Crippen LogP) is 4.94. The summed E-state index contributed by atoms with van der Waals surface area (Å²) in [7, 11) is 0. The first kappa shape index (κ1) is 14.3. The number of nitrogens with zero attached hydrogens (tertiary/aromatic N) is 1. The number of hydrogen-bond acceptors (Lipinski definition) is 3. The standard InChI is InChI=1S/C13H11Cl2NO2S/c1-6(2)10-11(13(17)18)19-12(16-10)7-3-8(14)5-9(15)4-7/h3-6H,1-2H3,(H,17,18). The fourth-order valence-electron chi connectivity index (χ4n) is 1.68. The Labute approximate surface area is 124 Å². The van der Waals surface area contributed by atoms with Gasteiger partial charge in [0, 0.05) is 15.6 Å². The Morgan fingerprint density at radius 3 is 2.26 bits per heavy atom. The molecule has 0 amide bonds. The van der Waals surface area contributed by atoms with Crippen molar-refractivity contribution in [3.63, 3.8) is 0 Å². The van der Waals surface area contributed by atoms with Gasteiger partial charge in [0.2, 0.25) is 0 Å². The van der Waals surface area contributed by atoms with Crippen molar-refractivity contribution in [2.45, 2.75) is 19.8 Å². The van der Waals surface area contributed by atoms with Gasteiger partial charge in [-0.05, 0) is 24.1 Å². The van der Waals surface area contributed by atoms with Crippen molar-refractivity contribution < 1.29 is 9.90 Å². The van der Waals surface area contributed by atoms with Gasteiger partial charge >= 0.3 is 5.97 Å². The van der Waals surface area contributed by atoms with Gasteiger partial charge < -0.3 is 5.11 Å². The number of carboxylic acid groups (broad SMARTS) is 1. The third-order valence-electron chi connectivity index (χ3n) is 2.50. The molecule has 1 aromatic heterocycles. The second-order valence-corrected chi connectivity index (χ2v) is 6.22. The summed E-state index contributed by atoms with van der Waals surface area (Å²) in [6, 6.07) is 5.08. The molecule has 0 atom stereocenters. The molecule has 0 radical (unpaired) electrons. The summed E-state index contributed by atoms with van der Waals surface area (Å²) in [5.41, 5.74) is 1.32. The Hall–Kier alpha value is -1.10. The molecule has 100 valence electrons. The molecule has 1 heterocycles. The second kappa shape index (κ2) is 5.49. The van der Waals surface area contributed by atoms with E-state index in [-0.39, 0.29) is 10.8 Å². The number of carboxylic acids is 1. The van der Waals surface area contributed by atoms with Crippen LogP contribution in [0.2, 0.25) is 10.0 Å². The van der Waals surface area contributed by atoms with Gasteiger partial charge in [-0.15, -0.1) is 11.3 Å². The van der Waals surface area contributed by atoms with Crippen LogP contribution in [0.15, 0.2) is 18.2 Å². The maximum Gasteiger partial charge on any atom is 0.347 e. The van der Waals surface area contributed by atoms with Crippen molar-refractivity contribution >= 4 is 40.5 Å². The second-order valence-electron chi connectivity index (χ2n) is 4.35. The lowest BCUT2D eigenvalue weighted by Crippen LogP contribution is -2.00. The first-order chi connectivity index (χ1) is 8.88. The van der Waals surface area contributed by atoms with Gasteiger partial charge in [-0.25, -0.2) is 9.78 Å². The maximum absolute atomic E-state index is 11.2. The van der Waals surface area contributed by atoms with E-state index in [1.807, 2.05) is 13.8 Å². The molecule has 0 bridgehead atoms. The van der Waals surface area contributed by atoms with Gasteiger partial charge in [0.15, 0.2) is 0 Å². The predicted molar refractivity (Wildman–Crippen MR) is 78.6 cm³/mol. The van der Waals surface area contributed by atoms with Crippen molar-refractivity contribution in [1.29, 1.82) is 0 Å². The Morgan fingerprint density at radius 2 is 1.84 bits per heavy atom. The molecule has 0 saturated heterocycles. The van der Waals surface area contributed by atoms with Crippen LogP contribution in [0.1, 0.15) is 35.1 Å². The van der Waals surface area contributed by atoms with Crippen LogP contribution in [0.5, 0.6) is 0 Å². The molecule has 0 aliphatic rings. The van der Waals surface area contributed by atoms with Crippen LogP contribution < -0.4 is 0 Å². The van der Waals surface area contributed by atoms with Gasteiger partial charge in [-0.3, -0.25) is 0 Å². The van der Waals surface area contributed by atoms with Gasteiger partial charge in [0.25, 0.3) is 0 Å².